The number of nitrogens with one attached hydrogen (secondary N) is 2. The molecule has 3 aliphatic rings. The van der Waals surface area contributed by atoms with Crippen LogP contribution in [0.2, 0.25) is 5.02 Å². The number of morpholine rings is 1. The molecule has 3 fully saturated rings. The lowest BCUT2D eigenvalue weighted by atomic mass is 10.0. The fourth-order valence-electron chi connectivity index (χ4n) is 5.97. The van der Waals surface area contributed by atoms with E-state index >= 15 is 0 Å². The number of methoxy groups -OCH3 is 1. The van der Waals surface area contributed by atoms with E-state index in [1.54, 1.807) is 30.4 Å². The second-order valence-corrected chi connectivity index (χ2v) is 11.2. The maximum absolute atomic E-state index is 14.2. The Balaban J connectivity index is 1.26. The fraction of sp³-hybridized carbons (Fsp3) is 0.387. The lowest BCUT2D eigenvalue weighted by molar-refractivity contribution is -0.111. The van der Waals surface area contributed by atoms with Gasteiger partial charge in [-0.05, 0) is 36.3 Å². The number of aromatic nitrogens is 2. The fourth-order valence-corrected chi connectivity index (χ4v) is 6.09. The van der Waals surface area contributed by atoms with Crippen LogP contribution in [0.15, 0.2) is 55.4 Å². The Hall–Kier alpha value is -3.97. The zero-order chi connectivity index (χ0) is 30.6. The van der Waals surface area contributed by atoms with Crippen molar-refractivity contribution < 1.29 is 23.5 Å². The van der Waals surface area contributed by atoms with E-state index < -0.39 is 5.82 Å². The smallest absolute Gasteiger partial charge is 0.247 e. The summed E-state index contributed by atoms with van der Waals surface area (Å²) >= 11 is 5.90. The molecule has 2 atom stereocenters. The van der Waals surface area contributed by atoms with Crippen molar-refractivity contribution in [1.29, 1.82) is 0 Å². The molecular formula is C31H35ClFN7O4. The molecule has 0 aliphatic carbocycles. The highest BCUT2D eigenvalue weighted by molar-refractivity contribution is 6.30. The molecule has 0 spiro atoms. The standard InChI is InChI=1S/C31H35ClFN7O4/c1-3-31(41)37-24-15-25(28(42-2)16-27(24)39-8-6-21(18-39)38-9-12-43-13-10-38)36-29-17-30(35-19-34-29)40-26(7-11-44-40)20-4-5-22(32)23(33)14-20/h3-5,14-17,19,21,26H,1,6-13,18H2,2H3,(H,37,41)(H,34,35,36). The number of amides is 1. The molecule has 232 valence electrons. The topological polar surface area (TPSA) is 104 Å². The SMILES string of the molecule is C=CC(=O)Nc1cc(Nc2cc(N3OCCC3c3ccc(Cl)c(F)c3)ncn2)c(OC)cc1N1CCC(N2CCOCC2)C1. The maximum atomic E-state index is 14.2. The molecule has 11 nitrogen and oxygen atoms in total. The van der Waals surface area contributed by atoms with Crippen molar-refractivity contribution in [2.75, 3.05) is 73.7 Å². The minimum Gasteiger partial charge on any atom is -0.494 e. The molecule has 0 saturated carbocycles. The highest BCUT2D eigenvalue weighted by atomic mass is 35.5. The molecule has 0 radical (unpaired) electrons. The number of ether oxygens (including phenoxy) is 2. The minimum absolute atomic E-state index is 0.0676. The normalized spacial score (nSPS) is 20.5. The predicted octanol–water partition coefficient (Wildman–Crippen LogP) is 4.94. The molecule has 2 N–H and O–H groups in total. The second kappa shape index (κ2) is 13.3. The Morgan fingerprint density at radius 1 is 1.11 bits per heavy atom. The Morgan fingerprint density at radius 3 is 2.73 bits per heavy atom. The molecule has 44 heavy (non-hydrogen) atoms. The van der Waals surface area contributed by atoms with Crippen LogP contribution in [-0.4, -0.2) is 79.9 Å². The number of hydrogen-bond donors (Lipinski definition) is 2. The summed E-state index contributed by atoms with van der Waals surface area (Å²) in [6.45, 7) is 9.09. The van der Waals surface area contributed by atoms with E-state index in [4.69, 9.17) is 25.9 Å². The summed E-state index contributed by atoms with van der Waals surface area (Å²) in [5.74, 6) is 0.765. The molecule has 1 aromatic heterocycles. The molecule has 3 saturated heterocycles. The Labute approximate surface area is 260 Å². The van der Waals surface area contributed by atoms with Gasteiger partial charge in [0.25, 0.3) is 0 Å². The monoisotopic (exact) mass is 623 g/mol. The quantitative estimate of drug-likeness (QED) is 0.319. The van der Waals surface area contributed by atoms with Crippen molar-refractivity contribution in [3.63, 3.8) is 0 Å². The van der Waals surface area contributed by atoms with Gasteiger partial charge in [0.05, 0.1) is 55.1 Å². The maximum Gasteiger partial charge on any atom is 0.247 e. The van der Waals surface area contributed by atoms with Gasteiger partial charge in [-0.3, -0.25) is 14.5 Å². The van der Waals surface area contributed by atoms with E-state index in [-0.39, 0.29) is 17.0 Å². The largest absolute Gasteiger partial charge is 0.494 e. The summed E-state index contributed by atoms with van der Waals surface area (Å²) in [7, 11) is 1.60. The molecule has 3 aromatic rings. The van der Waals surface area contributed by atoms with Gasteiger partial charge in [0.15, 0.2) is 5.82 Å². The number of anilines is 5. The van der Waals surface area contributed by atoms with Gasteiger partial charge in [0, 0.05) is 50.8 Å². The van der Waals surface area contributed by atoms with Crippen molar-refractivity contribution in [1.82, 2.24) is 14.9 Å². The van der Waals surface area contributed by atoms with Gasteiger partial charge < -0.3 is 25.0 Å². The molecule has 2 unspecified atom stereocenters. The van der Waals surface area contributed by atoms with E-state index in [9.17, 15) is 9.18 Å². The molecule has 13 heteroatoms. The Kier molecular flexibility index (Phi) is 9.12. The van der Waals surface area contributed by atoms with E-state index in [1.807, 2.05) is 12.1 Å². The van der Waals surface area contributed by atoms with Crippen LogP contribution in [0.1, 0.15) is 24.4 Å². The second-order valence-electron chi connectivity index (χ2n) is 10.8. The average Bonchev–Trinajstić information content (AvgIpc) is 3.74. The van der Waals surface area contributed by atoms with E-state index in [0.717, 1.165) is 57.1 Å². The number of halogens is 2. The summed E-state index contributed by atoms with van der Waals surface area (Å²) in [6.07, 6.45) is 4.34. The predicted molar refractivity (Wildman–Crippen MR) is 167 cm³/mol. The molecule has 3 aliphatic heterocycles. The first kappa shape index (κ1) is 30.1. The first-order chi connectivity index (χ1) is 21.4. The van der Waals surface area contributed by atoms with Crippen molar-refractivity contribution in [2.24, 2.45) is 0 Å². The van der Waals surface area contributed by atoms with E-state index in [2.05, 4.69) is 37.0 Å². The van der Waals surface area contributed by atoms with Gasteiger partial charge in [0.2, 0.25) is 5.91 Å². The number of nitrogens with zero attached hydrogens (tertiary/aromatic N) is 5. The summed E-state index contributed by atoms with van der Waals surface area (Å²) < 4.78 is 25.6. The summed E-state index contributed by atoms with van der Waals surface area (Å²) in [5, 5.41) is 8.01. The third-order valence-electron chi connectivity index (χ3n) is 8.20. The molecule has 0 bridgehead atoms. The van der Waals surface area contributed by atoms with Crippen molar-refractivity contribution >= 4 is 46.2 Å². The van der Waals surface area contributed by atoms with Crippen molar-refractivity contribution in [2.45, 2.75) is 24.9 Å². The van der Waals surface area contributed by atoms with Gasteiger partial charge in [-0.2, -0.15) is 0 Å². The Morgan fingerprint density at radius 2 is 1.95 bits per heavy atom. The zero-order valence-corrected chi connectivity index (χ0v) is 25.2. The number of benzene rings is 2. The van der Waals surface area contributed by atoms with Crippen LogP contribution in [0.25, 0.3) is 0 Å². The van der Waals surface area contributed by atoms with Crippen LogP contribution in [0, 0.1) is 5.82 Å². The van der Waals surface area contributed by atoms with Crippen molar-refractivity contribution in [3.05, 3.63) is 71.8 Å². The minimum atomic E-state index is -0.485. The lowest BCUT2D eigenvalue weighted by Crippen LogP contribution is -2.44. The van der Waals surface area contributed by atoms with Crippen LogP contribution >= 0.6 is 11.6 Å². The molecule has 4 heterocycles. The average molecular weight is 624 g/mol. The number of carbonyl (C=O) groups excluding carboxylic acids is 1. The van der Waals surface area contributed by atoms with Gasteiger partial charge in [0.1, 0.15) is 23.7 Å². The van der Waals surface area contributed by atoms with Gasteiger partial charge in [-0.1, -0.05) is 24.2 Å². The highest BCUT2D eigenvalue weighted by Crippen LogP contribution is 2.41. The van der Waals surface area contributed by atoms with E-state index in [1.165, 1.54) is 18.5 Å². The molecule has 1 amide bonds. The van der Waals surface area contributed by atoms with Gasteiger partial charge in [-0.15, -0.1) is 0 Å². The molecule has 2 aromatic carbocycles. The van der Waals surface area contributed by atoms with Crippen LogP contribution in [0.4, 0.5) is 33.1 Å². The van der Waals surface area contributed by atoms with Gasteiger partial charge >= 0.3 is 0 Å². The summed E-state index contributed by atoms with van der Waals surface area (Å²) in [4.78, 5) is 31.9. The number of carbonyl (C=O) groups is 1. The number of rotatable bonds is 9. The lowest BCUT2D eigenvalue weighted by Gasteiger charge is -2.32. The molecular weight excluding hydrogens is 589 g/mol. The third-order valence-corrected chi connectivity index (χ3v) is 8.51. The van der Waals surface area contributed by atoms with Crippen LogP contribution in [0.5, 0.6) is 5.75 Å². The van der Waals surface area contributed by atoms with E-state index in [0.29, 0.717) is 47.8 Å². The first-order valence-corrected chi connectivity index (χ1v) is 15.0. The zero-order valence-electron chi connectivity index (χ0n) is 24.5. The highest BCUT2D eigenvalue weighted by Gasteiger charge is 2.32. The van der Waals surface area contributed by atoms with Crippen LogP contribution in [-0.2, 0) is 14.4 Å². The Bertz CT molecular complexity index is 1520. The van der Waals surface area contributed by atoms with Crippen LogP contribution < -0.4 is 25.3 Å². The van der Waals surface area contributed by atoms with Crippen molar-refractivity contribution in [3.8, 4) is 5.75 Å². The number of hydroxylamine groups is 1. The van der Waals surface area contributed by atoms with Gasteiger partial charge in [-0.25, -0.2) is 19.4 Å². The summed E-state index contributed by atoms with van der Waals surface area (Å²) in [6, 6.07) is 10.4. The third kappa shape index (κ3) is 6.43. The number of hydrogen-bond acceptors (Lipinski definition) is 10. The molecule has 6 rings (SSSR count). The summed E-state index contributed by atoms with van der Waals surface area (Å²) in [5.41, 5.74) is 2.83. The van der Waals surface area contributed by atoms with Crippen LogP contribution in [0.3, 0.4) is 0 Å². The first-order valence-electron chi connectivity index (χ1n) is 14.6.